The van der Waals surface area contributed by atoms with E-state index in [1.54, 1.807) is 41.9 Å². The predicted octanol–water partition coefficient (Wildman–Crippen LogP) is 3.92. The van der Waals surface area contributed by atoms with Gasteiger partial charge in [-0.2, -0.15) is 0 Å². The number of methoxy groups -OCH3 is 2. The van der Waals surface area contributed by atoms with Crippen molar-refractivity contribution >= 4 is 40.8 Å². The Morgan fingerprint density at radius 3 is 2.48 bits per heavy atom. The van der Waals surface area contributed by atoms with Crippen LogP contribution in [-0.2, 0) is 22.5 Å². The van der Waals surface area contributed by atoms with Gasteiger partial charge < -0.3 is 14.8 Å². The quantitative estimate of drug-likeness (QED) is 0.534. The number of amides is 1. The van der Waals surface area contributed by atoms with Crippen molar-refractivity contribution in [2.75, 3.05) is 19.5 Å². The summed E-state index contributed by atoms with van der Waals surface area (Å²) in [5.41, 5.74) is 2.69. The van der Waals surface area contributed by atoms with E-state index >= 15 is 0 Å². The van der Waals surface area contributed by atoms with Crippen LogP contribution in [0.4, 0.5) is 5.69 Å². The van der Waals surface area contributed by atoms with Gasteiger partial charge in [-0.05, 0) is 42.3 Å². The second-order valence-electron chi connectivity index (χ2n) is 6.67. The van der Waals surface area contributed by atoms with E-state index in [-0.39, 0.29) is 18.1 Å². The summed E-state index contributed by atoms with van der Waals surface area (Å²) in [4.78, 5) is 24.4. The second kappa shape index (κ2) is 9.80. The Morgan fingerprint density at radius 2 is 1.81 bits per heavy atom. The molecule has 0 spiro atoms. The maximum atomic E-state index is 12.8. The van der Waals surface area contributed by atoms with Crippen LogP contribution in [0.5, 0.6) is 5.75 Å². The second-order valence-corrected chi connectivity index (χ2v) is 7.49. The summed E-state index contributed by atoms with van der Waals surface area (Å²) in [6.07, 6.45) is 0.0717. The van der Waals surface area contributed by atoms with Crippen molar-refractivity contribution in [1.82, 2.24) is 15.0 Å². The van der Waals surface area contributed by atoms with E-state index in [9.17, 15) is 9.59 Å². The normalized spacial score (nSPS) is 10.6. The molecular formula is C21H20Cl2N4O4. The summed E-state index contributed by atoms with van der Waals surface area (Å²) in [5.74, 6) is -0.391. The van der Waals surface area contributed by atoms with E-state index in [0.717, 1.165) is 5.56 Å². The molecule has 0 aliphatic rings. The van der Waals surface area contributed by atoms with Gasteiger partial charge in [0.1, 0.15) is 5.75 Å². The Kier molecular flexibility index (Phi) is 7.14. The third kappa shape index (κ3) is 5.34. The Labute approximate surface area is 189 Å². The van der Waals surface area contributed by atoms with Crippen molar-refractivity contribution in [2.45, 2.75) is 19.9 Å². The smallest absolute Gasteiger partial charge is 0.309 e. The van der Waals surface area contributed by atoms with Crippen LogP contribution in [-0.4, -0.2) is 41.1 Å². The zero-order valence-corrected chi connectivity index (χ0v) is 18.6. The van der Waals surface area contributed by atoms with Crippen molar-refractivity contribution in [3.63, 3.8) is 0 Å². The number of rotatable bonds is 7. The number of anilines is 1. The molecule has 3 aromatic rings. The van der Waals surface area contributed by atoms with Crippen LogP contribution in [0.3, 0.4) is 0 Å². The number of nitrogens with zero attached hydrogens (tertiary/aromatic N) is 3. The molecule has 0 saturated heterocycles. The van der Waals surface area contributed by atoms with Gasteiger partial charge in [0.05, 0.1) is 48.6 Å². The number of halogens is 2. The molecule has 0 aliphatic carbocycles. The molecule has 0 unspecified atom stereocenters. The topological polar surface area (TPSA) is 95.3 Å². The van der Waals surface area contributed by atoms with Gasteiger partial charge in [-0.15, -0.1) is 5.10 Å². The summed E-state index contributed by atoms with van der Waals surface area (Å²) in [5, 5.41) is 11.8. The number of aromatic nitrogens is 3. The van der Waals surface area contributed by atoms with Crippen LogP contribution in [0.2, 0.25) is 10.0 Å². The lowest BCUT2D eigenvalue weighted by molar-refractivity contribution is -0.139. The fourth-order valence-electron chi connectivity index (χ4n) is 2.91. The highest BCUT2D eigenvalue weighted by molar-refractivity contribution is 6.42. The Bertz CT molecular complexity index is 1130. The summed E-state index contributed by atoms with van der Waals surface area (Å²) in [7, 11) is 2.81. The summed E-state index contributed by atoms with van der Waals surface area (Å²) >= 11 is 12.0. The van der Waals surface area contributed by atoms with Gasteiger partial charge in [0.2, 0.25) is 0 Å². The van der Waals surface area contributed by atoms with Gasteiger partial charge >= 0.3 is 5.97 Å². The lowest BCUT2D eigenvalue weighted by atomic mass is 10.1. The maximum absolute atomic E-state index is 12.8. The number of carbonyl (C=O) groups is 2. The first-order valence-electron chi connectivity index (χ1n) is 9.21. The molecule has 0 saturated carbocycles. The van der Waals surface area contributed by atoms with Crippen molar-refractivity contribution in [3.8, 4) is 5.75 Å². The third-order valence-electron chi connectivity index (χ3n) is 4.60. The Morgan fingerprint density at radius 1 is 1.06 bits per heavy atom. The molecule has 1 N–H and O–H groups in total. The number of benzene rings is 2. The minimum Gasteiger partial charge on any atom is -0.495 e. The monoisotopic (exact) mass is 462 g/mol. The van der Waals surface area contributed by atoms with E-state index in [4.69, 9.17) is 27.9 Å². The molecule has 1 heterocycles. The van der Waals surface area contributed by atoms with Crippen LogP contribution in [0.15, 0.2) is 36.4 Å². The minimum atomic E-state index is -0.452. The highest BCUT2D eigenvalue weighted by atomic mass is 35.5. The van der Waals surface area contributed by atoms with Gasteiger partial charge in [-0.25, -0.2) is 4.68 Å². The van der Waals surface area contributed by atoms with Crippen molar-refractivity contribution < 1.29 is 19.1 Å². The fraction of sp³-hybridized carbons (Fsp3) is 0.238. The number of ether oxygens (including phenoxy) is 2. The highest BCUT2D eigenvalue weighted by Crippen LogP contribution is 2.27. The van der Waals surface area contributed by atoms with E-state index in [2.05, 4.69) is 20.4 Å². The average molecular weight is 463 g/mol. The molecule has 0 aliphatic heterocycles. The summed E-state index contributed by atoms with van der Waals surface area (Å²) < 4.78 is 11.6. The van der Waals surface area contributed by atoms with E-state index in [1.165, 1.54) is 14.2 Å². The third-order valence-corrected chi connectivity index (χ3v) is 5.34. The number of carbonyl (C=O) groups excluding carboxylic acids is 2. The molecule has 162 valence electrons. The molecule has 1 amide bonds. The summed E-state index contributed by atoms with van der Waals surface area (Å²) in [6, 6.07) is 10.3. The number of hydrogen-bond donors (Lipinski definition) is 1. The molecular weight excluding hydrogens is 443 g/mol. The molecule has 10 heteroatoms. The SMILES string of the molecule is COC(=O)Cc1ccc(OC)c(NC(=O)c2nnn(Cc3ccc(Cl)c(Cl)c3)c2C)c1. The maximum Gasteiger partial charge on any atom is 0.309 e. The number of esters is 1. The van der Waals surface area contributed by atoms with Gasteiger partial charge in [0.25, 0.3) is 5.91 Å². The zero-order valence-electron chi connectivity index (χ0n) is 17.1. The largest absolute Gasteiger partial charge is 0.495 e. The van der Waals surface area contributed by atoms with E-state index in [0.29, 0.717) is 39.3 Å². The highest BCUT2D eigenvalue weighted by Gasteiger charge is 2.19. The van der Waals surface area contributed by atoms with E-state index < -0.39 is 5.91 Å². The molecule has 31 heavy (non-hydrogen) atoms. The van der Waals surface area contributed by atoms with Crippen LogP contribution in [0.1, 0.15) is 27.3 Å². The van der Waals surface area contributed by atoms with Crippen LogP contribution in [0.25, 0.3) is 0 Å². The summed E-state index contributed by atoms with van der Waals surface area (Å²) in [6.45, 7) is 2.12. The molecule has 3 rings (SSSR count). The van der Waals surface area contributed by atoms with Crippen molar-refractivity contribution in [1.29, 1.82) is 0 Å². The molecule has 0 radical (unpaired) electrons. The first-order chi connectivity index (χ1) is 14.8. The lowest BCUT2D eigenvalue weighted by Crippen LogP contribution is -2.15. The van der Waals surface area contributed by atoms with Crippen molar-refractivity contribution in [2.24, 2.45) is 0 Å². The van der Waals surface area contributed by atoms with Crippen LogP contribution >= 0.6 is 23.2 Å². The zero-order chi connectivity index (χ0) is 22.5. The Balaban J connectivity index is 1.80. The van der Waals surface area contributed by atoms with Crippen LogP contribution in [0, 0.1) is 6.92 Å². The van der Waals surface area contributed by atoms with Crippen LogP contribution < -0.4 is 10.1 Å². The van der Waals surface area contributed by atoms with Gasteiger partial charge in [-0.1, -0.05) is 40.5 Å². The van der Waals surface area contributed by atoms with Gasteiger partial charge in [-0.3, -0.25) is 9.59 Å². The fourth-order valence-corrected chi connectivity index (χ4v) is 3.24. The number of hydrogen-bond acceptors (Lipinski definition) is 6. The molecule has 1 aromatic heterocycles. The van der Waals surface area contributed by atoms with E-state index in [1.807, 2.05) is 6.07 Å². The molecule has 0 bridgehead atoms. The first-order valence-corrected chi connectivity index (χ1v) is 9.97. The molecule has 0 fully saturated rings. The number of nitrogens with one attached hydrogen (secondary N) is 1. The average Bonchev–Trinajstić information content (AvgIpc) is 3.11. The standard InChI is InChI=1S/C21H20Cl2N4O4/c1-12-20(25-26-27(12)11-14-4-6-15(22)16(23)8-14)21(29)24-17-9-13(10-19(28)31-3)5-7-18(17)30-2/h4-9H,10-11H2,1-3H3,(H,24,29). The molecule has 2 aromatic carbocycles. The molecule has 0 atom stereocenters. The van der Waals surface area contributed by atoms with Gasteiger partial charge in [0, 0.05) is 0 Å². The Hall–Kier alpha value is -3.10. The predicted molar refractivity (Wildman–Crippen MR) is 117 cm³/mol. The van der Waals surface area contributed by atoms with Crippen molar-refractivity contribution in [3.05, 3.63) is 69.0 Å². The first kappa shape index (κ1) is 22.6. The molecule has 8 nitrogen and oxygen atoms in total. The minimum absolute atomic E-state index is 0.0717. The lowest BCUT2D eigenvalue weighted by Gasteiger charge is -2.11. The van der Waals surface area contributed by atoms with Gasteiger partial charge in [0.15, 0.2) is 5.69 Å².